The van der Waals surface area contributed by atoms with Crippen molar-refractivity contribution in [1.29, 1.82) is 0 Å². The molecule has 39 heavy (non-hydrogen) atoms. The minimum Gasteiger partial charge on any atom is -0.493 e. The van der Waals surface area contributed by atoms with Gasteiger partial charge in [-0.05, 0) is 81.3 Å². The topological polar surface area (TPSA) is 61.8 Å². The predicted octanol–water partition coefficient (Wildman–Crippen LogP) is 8.44. The molecule has 2 saturated carbocycles. The molecule has 212 valence electrons. The van der Waals surface area contributed by atoms with Gasteiger partial charge in [0.1, 0.15) is 11.5 Å². The van der Waals surface area contributed by atoms with Crippen LogP contribution in [0.1, 0.15) is 90.4 Å². The van der Waals surface area contributed by atoms with Crippen LogP contribution in [0.4, 0.5) is 0 Å². The predicted molar refractivity (Wildman–Crippen MR) is 156 cm³/mol. The third-order valence-corrected chi connectivity index (χ3v) is 8.89. The molecule has 0 N–H and O–H groups in total. The zero-order chi connectivity index (χ0) is 27.5. The van der Waals surface area contributed by atoms with E-state index >= 15 is 0 Å². The van der Waals surface area contributed by atoms with Gasteiger partial charge in [-0.2, -0.15) is 0 Å². The third-order valence-electron chi connectivity index (χ3n) is 8.89. The monoisotopic (exact) mass is 534 g/mol. The van der Waals surface area contributed by atoms with Crippen LogP contribution in [-0.2, 0) is 14.3 Å². The van der Waals surface area contributed by atoms with Crippen molar-refractivity contribution in [2.24, 2.45) is 23.7 Å². The van der Waals surface area contributed by atoms with Gasteiger partial charge >= 0.3 is 11.9 Å². The Bertz CT molecular complexity index is 1080. The molecule has 2 fully saturated rings. The zero-order valence-electron chi connectivity index (χ0n) is 23.7. The Morgan fingerprint density at radius 3 is 2.10 bits per heavy atom. The van der Waals surface area contributed by atoms with Gasteiger partial charge in [0, 0.05) is 16.8 Å². The van der Waals surface area contributed by atoms with E-state index < -0.39 is 5.97 Å². The number of unbranched alkanes of at least 4 members (excludes halogenated alkanes) is 2. The molecule has 2 aliphatic rings. The number of hydrogen-bond donors (Lipinski definition) is 0. The van der Waals surface area contributed by atoms with Gasteiger partial charge < -0.3 is 14.2 Å². The van der Waals surface area contributed by atoms with Gasteiger partial charge in [-0.3, -0.25) is 4.79 Å². The first-order valence-corrected chi connectivity index (χ1v) is 15.2. The fraction of sp³-hybridized carbons (Fsp3) is 0.588. The maximum absolute atomic E-state index is 13.2. The highest BCUT2D eigenvalue weighted by Gasteiger charge is 2.33. The van der Waals surface area contributed by atoms with Gasteiger partial charge in [0.15, 0.2) is 0 Å². The maximum atomic E-state index is 13.2. The molecule has 0 amide bonds. The van der Waals surface area contributed by atoms with E-state index in [1.54, 1.807) is 0 Å². The van der Waals surface area contributed by atoms with Crippen LogP contribution in [-0.4, -0.2) is 25.2 Å². The summed E-state index contributed by atoms with van der Waals surface area (Å²) < 4.78 is 17.0. The van der Waals surface area contributed by atoms with Gasteiger partial charge in [0.05, 0.1) is 19.1 Å². The van der Waals surface area contributed by atoms with Gasteiger partial charge in [-0.25, -0.2) is 4.79 Å². The lowest BCUT2D eigenvalue weighted by Crippen LogP contribution is -2.30. The molecule has 2 aromatic rings. The van der Waals surface area contributed by atoms with Crippen molar-refractivity contribution < 1.29 is 23.8 Å². The van der Waals surface area contributed by atoms with Crippen LogP contribution in [0.25, 0.3) is 10.8 Å². The van der Waals surface area contributed by atoms with E-state index in [2.05, 4.69) is 13.5 Å². The van der Waals surface area contributed by atoms with Crippen molar-refractivity contribution in [2.45, 2.75) is 90.4 Å². The molecule has 2 aliphatic carbocycles. The molecular weight excluding hydrogens is 488 g/mol. The van der Waals surface area contributed by atoms with E-state index in [1.807, 2.05) is 36.4 Å². The highest BCUT2D eigenvalue weighted by atomic mass is 16.5. The van der Waals surface area contributed by atoms with Gasteiger partial charge in [0.25, 0.3) is 0 Å². The molecule has 0 aliphatic heterocycles. The number of fused-ring (bicyclic) bond motifs is 1. The Morgan fingerprint density at radius 2 is 1.44 bits per heavy atom. The fourth-order valence-corrected chi connectivity index (χ4v) is 6.54. The van der Waals surface area contributed by atoms with E-state index in [4.69, 9.17) is 14.2 Å². The fourth-order valence-electron chi connectivity index (χ4n) is 6.54. The summed E-state index contributed by atoms with van der Waals surface area (Å²) >= 11 is 0. The number of hydrogen-bond acceptors (Lipinski definition) is 5. The van der Waals surface area contributed by atoms with E-state index in [0.29, 0.717) is 19.0 Å². The molecule has 4 rings (SSSR count). The van der Waals surface area contributed by atoms with E-state index in [0.717, 1.165) is 72.8 Å². The first-order chi connectivity index (χ1) is 19.1. The molecule has 0 heterocycles. The van der Waals surface area contributed by atoms with Crippen LogP contribution >= 0.6 is 0 Å². The maximum Gasteiger partial charge on any atom is 0.330 e. The molecule has 0 atom stereocenters. The first-order valence-electron chi connectivity index (χ1n) is 15.2. The van der Waals surface area contributed by atoms with E-state index in [9.17, 15) is 9.59 Å². The number of ether oxygens (including phenoxy) is 3. The number of carbonyl (C=O) groups excluding carboxylic acids is 2. The molecular formula is C34H46O5. The Balaban J connectivity index is 1.25. The summed E-state index contributed by atoms with van der Waals surface area (Å²) in [4.78, 5) is 24.3. The second-order valence-corrected chi connectivity index (χ2v) is 11.5. The van der Waals surface area contributed by atoms with Crippen LogP contribution < -0.4 is 9.47 Å². The standard InChI is InChI=1S/C34H46O5/c1-3-5-10-25-13-15-26(16-14-25)27-17-19-28(20-18-27)34(36)39-32-22-21-31(29-11-6-7-12-30(29)32)37-23-8-9-24-38-33(35)4-2/h4,6-7,11-12,21-22,25-28H,2-3,5,8-10,13-20,23-24H2,1H3. The van der Waals surface area contributed by atoms with Crippen LogP contribution in [0.3, 0.4) is 0 Å². The molecule has 0 saturated heterocycles. The van der Waals surface area contributed by atoms with Crippen LogP contribution in [0.2, 0.25) is 0 Å². The van der Waals surface area contributed by atoms with Crippen molar-refractivity contribution in [3.63, 3.8) is 0 Å². The second-order valence-electron chi connectivity index (χ2n) is 11.5. The van der Waals surface area contributed by atoms with Crippen molar-refractivity contribution in [1.82, 2.24) is 0 Å². The summed E-state index contributed by atoms with van der Waals surface area (Å²) in [5.41, 5.74) is 0. The van der Waals surface area contributed by atoms with Crippen LogP contribution in [0, 0.1) is 23.7 Å². The summed E-state index contributed by atoms with van der Waals surface area (Å²) in [7, 11) is 0. The Hall–Kier alpha value is -2.82. The second kappa shape index (κ2) is 15.1. The molecule has 2 aromatic carbocycles. The van der Waals surface area contributed by atoms with Gasteiger partial charge in [-0.15, -0.1) is 0 Å². The van der Waals surface area contributed by atoms with Gasteiger partial charge in [-0.1, -0.05) is 69.9 Å². The molecule has 0 spiro atoms. The minimum absolute atomic E-state index is 0.00739. The Kier molecular flexibility index (Phi) is 11.3. The summed E-state index contributed by atoms with van der Waals surface area (Å²) in [5.74, 6) is 3.46. The number of esters is 2. The average molecular weight is 535 g/mol. The number of carbonyl (C=O) groups is 2. The average Bonchev–Trinajstić information content (AvgIpc) is 2.98. The van der Waals surface area contributed by atoms with Crippen molar-refractivity contribution >= 4 is 22.7 Å². The smallest absolute Gasteiger partial charge is 0.330 e. The third kappa shape index (κ3) is 8.33. The normalized spacial score (nSPS) is 23.2. The molecule has 5 heteroatoms. The molecule has 0 radical (unpaired) electrons. The Morgan fingerprint density at radius 1 is 0.821 bits per heavy atom. The lowest BCUT2D eigenvalue weighted by Gasteiger charge is -2.37. The summed E-state index contributed by atoms with van der Waals surface area (Å²) in [6, 6.07) is 11.6. The summed E-state index contributed by atoms with van der Waals surface area (Å²) in [5, 5.41) is 1.82. The summed E-state index contributed by atoms with van der Waals surface area (Å²) in [6.07, 6.45) is 16.5. The summed E-state index contributed by atoms with van der Waals surface area (Å²) in [6.45, 7) is 6.55. The highest BCUT2D eigenvalue weighted by molar-refractivity contribution is 5.95. The van der Waals surface area contributed by atoms with E-state index in [1.165, 1.54) is 51.0 Å². The number of benzene rings is 2. The lowest BCUT2D eigenvalue weighted by molar-refractivity contribution is -0.140. The van der Waals surface area contributed by atoms with Crippen LogP contribution in [0.15, 0.2) is 49.1 Å². The van der Waals surface area contributed by atoms with Crippen molar-refractivity contribution in [3.05, 3.63) is 49.1 Å². The SMILES string of the molecule is C=CC(=O)OCCCCOc1ccc(OC(=O)C2CCC(C3CCC(CCCC)CC3)CC2)c2ccccc12. The molecule has 0 unspecified atom stereocenters. The Labute approximate surface area is 234 Å². The van der Waals surface area contributed by atoms with Crippen molar-refractivity contribution in [2.75, 3.05) is 13.2 Å². The number of rotatable bonds is 13. The van der Waals surface area contributed by atoms with Crippen molar-refractivity contribution in [3.8, 4) is 11.5 Å². The van der Waals surface area contributed by atoms with Crippen LogP contribution in [0.5, 0.6) is 11.5 Å². The highest BCUT2D eigenvalue weighted by Crippen LogP contribution is 2.43. The first kappa shape index (κ1) is 29.2. The minimum atomic E-state index is -0.403. The quantitative estimate of drug-likeness (QED) is 0.112. The zero-order valence-corrected chi connectivity index (χ0v) is 23.7. The lowest BCUT2D eigenvalue weighted by atomic mass is 9.68. The van der Waals surface area contributed by atoms with Gasteiger partial charge in [0.2, 0.25) is 0 Å². The van der Waals surface area contributed by atoms with E-state index in [-0.39, 0.29) is 11.9 Å². The molecule has 5 nitrogen and oxygen atoms in total. The largest absolute Gasteiger partial charge is 0.493 e. The molecule has 0 bridgehead atoms. The molecule has 0 aromatic heterocycles.